The molecule has 1 aliphatic heterocycles. The summed E-state index contributed by atoms with van der Waals surface area (Å²) in [5.41, 5.74) is 5.24. The molecule has 1 saturated heterocycles. The number of hydrogen-bond donors (Lipinski definition) is 0. The van der Waals surface area contributed by atoms with Gasteiger partial charge in [0, 0.05) is 11.1 Å². The molecule has 2 aromatic rings. The molecule has 0 unspecified atom stereocenters. The molecule has 4 aliphatic rings. The van der Waals surface area contributed by atoms with E-state index in [-0.39, 0.29) is 12.0 Å². The number of esters is 1. The lowest BCUT2D eigenvalue weighted by molar-refractivity contribution is -0.135. The average molecular weight is 510 g/mol. The van der Waals surface area contributed by atoms with Crippen LogP contribution in [0.15, 0.2) is 77.3 Å². The molecular formula is C35H43NO2. The van der Waals surface area contributed by atoms with Gasteiger partial charge in [-0.25, -0.2) is 4.79 Å². The lowest BCUT2D eigenvalue weighted by atomic mass is 9.45. The molecule has 0 N–H and O–H groups in total. The van der Waals surface area contributed by atoms with Crippen molar-refractivity contribution in [2.24, 2.45) is 33.1 Å². The van der Waals surface area contributed by atoms with Gasteiger partial charge >= 0.3 is 5.97 Å². The summed E-state index contributed by atoms with van der Waals surface area (Å²) in [5, 5.41) is 0. The number of benzene rings is 2. The number of hydrogen-bond acceptors (Lipinski definition) is 3. The van der Waals surface area contributed by atoms with Crippen molar-refractivity contribution in [3.63, 3.8) is 0 Å². The van der Waals surface area contributed by atoms with E-state index >= 15 is 0 Å². The Balaban J connectivity index is 1.26. The lowest BCUT2D eigenvalue weighted by Crippen LogP contribution is -2.52. The molecule has 0 bridgehead atoms. The number of allylic oxidation sites excluding steroid dienone is 1. The number of aliphatic imine (C=N–C) groups is 1. The third kappa shape index (κ3) is 4.56. The van der Waals surface area contributed by atoms with Gasteiger partial charge in [0.15, 0.2) is 0 Å². The maximum Gasteiger partial charge on any atom is 0.336 e. The third-order valence-electron chi connectivity index (χ3n) is 10.8. The molecule has 4 atom stereocenters. The molecule has 1 heterocycles. The number of carbonyl (C=O) groups excluding carboxylic acids is 1. The summed E-state index contributed by atoms with van der Waals surface area (Å²) in [7, 11) is 0. The van der Waals surface area contributed by atoms with Crippen molar-refractivity contribution in [3.8, 4) is 0 Å². The standard InChI is InChI=1S/C35H43NO2/c1-33(2)19-11-20-34(3)29(33)18-21-35(22-23-35)30(34)17-10-16-27-28(24-38-32(27)37)36-31(25-12-6-4-7-13-25)26-14-8-5-9-15-26/h4-9,12-16,28-30H,10-11,17-24H2,1-3H3/b27-16-/t28-,29+,30-,34+/m1/s1. The number of nitrogens with zero attached hydrogens (tertiary/aromatic N) is 1. The van der Waals surface area contributed by atoms with E-state index in [1.165, 1.54) is 51.4 Å². The van der Waals surface area contributed by atoms with E-state index in [2.05, 4.69) is 51.1 Å². The van der Waals surface area contributed by atoms with Gasteiger partial charge in [0.05, 0.1) is 11.3 Å². The number of cyclic esters (lactones) is 1. The summed E-state index contributed by atoms with van der Waals surface area (Å²) in [6, 6.07) is 20.3. The van der Waals surface area contributed by atoms with Crippen molar-refractivity contribution >= 4 is 11.7 Å². The van der Waals surface area contributed by atoms with Gasteiger partial charge in [-0.15, -0.1) is 0 Å². The minimum atomic E-state index is -0.254. The Morgan fingerprint density at radius 3 is 2.21 bits per heavy atom. The molecule has 0 aromatic heterocycles. The number of rotatable bonds is 6. The summed E-state index contributed by atoms with van der Waals surface area (Å²) < 4.78 is 5.57. The van der Waals surface area contributed by atoms with Crippen LogP contribution in [-0.2, 0) is 9.53 Å². The molecule has 3 nitrogen and oxygen atoms in total. The van der Waals surface area contributed by atoms with Gasteiger partial charge in [-0.2, -0.15) is 0 Å². The highest BCUT2D eigenvalue weighted by Crippen LogP contribution is 2.72. The van der Waals surface area contributed by atoms with Crippen LogP contribution in [0.4, 0.5) is 0 Å². The van der Waals surface area contributed by atoms with Crippen LogP contribution in [-0.4, -0.2) is 24.3 Å². The Labute approximate surface area is 228 Å². The Morgan fingerprint density at radius 1 is 0.921 bits per heavy atom. The highest BCUT2D eigenvalue weighted by Gasteiger charge is 2.62. The predicted octanol–water partition coefficient (Wildman–Crippen LogP) is 8.18. The summed E-state index contributed by atoms with van der Waals surface area (Å²) >= 11 is 0. The second-order valence-corrected chi connectivity index (χ2v) is 13.4. The molecule has 38 heavy (non-hydrogen) atoms. The monoisotopic (exact) mass is 509 g/mol. The van der Waals surface area contributed by atoms with Crippen molar-refractivity contribution in [3.05, 3.63) is 83.4 Å². The second kappa shape index (κ2) is 9.81. The maximum atomic E-state index is 12.9. The lowest BCUT2D eigenvalue weighted by Gasteiger charge is -2.60. The molecule has 1 spiro atoms. The minimum Gasteiger partial charge on any atom is -0.460 e. The van der Waals surface area contributed by atoms with Crippen molar-refractivity contribution in [1.29, 1.82) is 0 Å². The van der Waals surface area contributed by atoms with E-state index in [0.717, 1.165) is 40.7 Å². The largest absolute Gasteiger partial charge is 0.460 e. The van der Waals surface area contributed by atoms with Gasteiger partial charge in [-0.05, 0) is 79.4 Å². The number of ether oxygens (including phenoxy) is 1. The summed E-state index contributed by atoms with van der Waals surface area (Å²) in [5.74, 6) is 1.39. The van der Waals surface area contributed by atoms with Crippen LogP contribution in [0.25, 0.3) is 0 Å². The first-order valence-corrected chi connectivity index (χ1v) is 14.9. The Hall–Kier alpha value is -2.68. The zero-order chi connectivity index (χ0) is 26.4. The highest BCUT2D eigenvalue weighted by molar-refractivity contribution is 6.13. The summed E-state index contributed by atoms with van der Waals surface area (Å²) in [6.45, 7) is 7.99. The Morgan fingerprint density at radius 2 is 1.58 bits per heavy atom. The van der Waals surface area contributed by atoms with Gasteiger partial charge < -0.3 is 4.74 Å². The van der Waals surface area contributed by atoms with Crippen LogP contribution in [0.3, 0.4) is 0 Å². The van der Waals surface area contributed by atoms with E-state index in [4.69, 9.17) is 9.73 Å². The van der Waals surface area contributed by atoms with Gasteiger partial charge in [0.2, 0.25) is 0 Å². The first-order valence-electron chi connectivity index (χ1n) is 14.9. The van der Waals surface area contributed by atoms with E-state index in [1.807, 2.05) is 36.4 Å². The van der Waals surface area contributed by atoms with Gasteiger partial charge in [-0.1, -0.05) is 93.9 Å². The SMILES string of the molecule is CC1(C)CCC[C@@]2(C)[C@H]1CCC1(CC1)[C@@H]2CC/C=C1\C(=O)OC[C@H]1N=C(c1ccccc1)c1ccccc1. The van der Waals surface area contributed by atoms with E-state index in [1.54, 1.807) is 0 Å². The molecule has 3 aliphatic carbocycles. The molecule has 4 fully saturated rings. The zero-order valence-electron chi connectivity index (χ0n) is 23.4. The van der Waals surface area contributed by atoms with Crippen molar-refractivity contribution in [2.75, 3.05) is 6.61 Å². The van der Waals surface area contributed by atoms with Crippen molar-refractivity contribution < 1.29 is 9.53 Å². The molecule has 0 amide bonds. The van der Waals surface area contributed by atoms with Crippen molar-refractivity contribution in [2.45, 2.75) is 84.6 Å². The molecule has 3 heteroatoms. The van der Waals surface area contributed by atoms with E-state index < -0.39 is 0 Å². The normalized spacial score (nSPS) is 32.0. The first-order chi connectivity index (χ1) is 18.3. The average Bonchev–Trinajstić information content (AvgIpc) is 3.60. The minimum absolute atomic E-state index is 0.188. The van der Waals surface area contributed by atoms with Gasteiger partial charge in [-0.3, -0.25) is 4.99 Å². The zero-order valence-corrected chi connectivity index (χ0v) is 23.4. The van der Waals surface area contributed by atoms with E-state index in [0.29, 0.717) is 22.9 Å². The smallest absolute Gasteiger partial charge is 0.336 e. The number of carbonyl (C=O) groups is 1. The maximum absolute atomic E-state index is 12.9. The molecule has 200 valence electrons. The van der Waals surface area contributed by atoms with Crippen LogP contribution >= 0.6 is 0 Å². The molecule has 6 rings (SSSR count). The fourth-order valence-corrected chi connectivity index (χ4v) is 8.86. The molecular weight excluding hydrogens is 466 g/mol. The van der Waals surface area contributed by atoms with Gasteiger partial charge in [0.1, 0.15) is 12.6 Å². The molecule has 2 aromatic carbocycles. The van der Waals surface area contributed by atoms with Crippen LogP contribution in [0.5, 0.6) is 0 Å². The Kier molecular flexibility index (Phi) is 6.61. The fourth-order valence-electron chi connectivity index (χ4n) is 8.86. The van der Waals surface area contributed by atoms with Crippen molar-refractivity contribution in [1.82, 2.24) is 0 Å². The quantitative estimate of drug-likeness (QED) is 0.224. The molecule has 0 radical (unpaired) electrons. The first kappa shape index (κ1) is 25.6. The molecule has 3 saturated carbocycles. The second-order valence-electron chi connectivity index (χ2n) is 13.4. The fraction of sp³-hybridized carbons (Fsp3) is 0.543. The number of fused-ring (bicyclic) bond motifs is 1. The van der Waals surface area contributed by atoms with Gasteiger partial charge in [0.25, 0.3) is 0 Å². The Bertz CT molecular complexity index is 1180. The van der Waals surface area contributed by atoms with Crippen LogP contribution in [0, 0.1) is 28.1 Å². The predicted molar refractivity (Wildman–Crippen MR) is 154 cm³/mol. The van der Waals surface area contributed by atoms with Crippen LogP contribution in [0.2, 0.25) is 0 Å². The van der Waals surface area contributed by atoms with E-state index in [9.17, 15) is 4.79 Å². The third-order valence-corrected chi connectivity index (χ3v) is 10.8. The highest BCUT2D eigenvalue weighted by atomic mass is 16.5. The van der Waals surface area contributed by atoms with Crippen LogP contribution in [0.1, 0.15) is 89.7 Å². The summed E-state index contributed by atoms with van der Waals surface area (Å²) in [6.07, 6.45) is 14.0. The summed E-state index contributed by atoms with van der Waals surface area (Å²) in [4.78, 5) is 18.0. The van der Waals surface area contributed by atoms with Crippen LogP contribution < -0.4 is 0 Å². The topological polar surface area (TPSA) is 38.7 Å².